The number of aromatic nitrogens is 6. The molecule has 136 valence electrons. The lowest BCUT2D eigenvalue weighted by atomic mass is 9.97. The van der Waals surface area contributed by atoms with Crippen molar-refractivity contribution in [2.24, 2.45) is 5.92 Å². The predicted octanol–water partition coefficient (Wildman–Crippen LogP) is 1.30. The van der Waals surface area contributed by atoms with E-state index in [-0.39, 0.29) is 17.1 Å². The fourth-order valence-electron chi connectivity index (χ4n) is 3.29. The third kappa shape index (κ3) is 3.48. The molecule has 0 aliphatic carbocycles. The van der Waals surface area contributed by atoms with Crippen LogP contribution < -0.4 is 10.2 Å². The van der Waals surface area contributed by atoms with Gasteiger partial charge in [-0.15, -0.1) is 0 Å². The number of aromatic amines is 2. The highest BCUT2D eigenvalue weighted by molar-refractivity contribution is 6.28. The Balaban J connectivity index is 1.42. The smallest absolute Gasteiger partial charge is 0.226 e. The first-order chi connectivity index (χ1) is 12.7. The highest BCUT2D eigenvalue weighted by atomic mass is 35.5. The number of H-pyrrole nitrogens is 2. The molecule has 0 unspecified atom stereocenters. The number of carbonyl (C=O) groups excluding carboxylic acids is 1. The third-order valence-corrected chi connectivity index (χ3v) is 4.75. The van der Waals surface area contributed by atoms with E-state index in [2.05, 4.69) is 40.1 Å². The summed E-state index contributed by atoms with van der Waals surface area (Å²) < 4.78 is 0. The number of anilines is 1. The van der Waals surface area contributed by atoms with Gasteiger partial charge in [0, 0.05) is 37.9 Å². The number of carbonyl (C=O) groups is 1. The summed E-state index contributed by atoms with van der Waals surface area (Å²) in [5.41, 5.74) is 2.29. The van der Waals surface area contributed by atoms with Crippen LogP contribution in [0.4, 0.5) is 5.82 Å². The number of piperidine rings is 1. The SMILES string of the molecule is O=C(NCCc1cnc[nH]1)[C@H]1CCCN(c2nc(Cl)nc3nc[nH]c23)C1. The van der Waals surface area contributed by atoms with E-state index in [1.165, 1.54) is 0 Å². The molecule has 0 aromatic carbocycles. The van der Waals surface area contributed by atoms with Crippen molar-refractivity contribution >= 4 is 34.5 Å². The van der Waals surface area contributed by atoms with Gasteiger partial charge in [-0.05, 0) is 24.4 Å². The molecule has 1 fully saturated rings. The van der Waals surface area contributed by atoms with E-state index in [4.69, 9.17) is 11.6 Å². The maximum Gasteiger partial charge on any atom is 0.226 e. The zero-order valence-corrected chi connectivity index (χ0v) is 14.8. The lowest BCUT2D eigenvalue weighted by Gasteiger charge is -2.33. The molecular formula is C16H19ClN8O. The standard InChI is InChI=1S/C16H19ClN8O/c17-16-23-13-12(21-9-22-13)14(24-16)25-5-1-2-10(7-25)15(26)19-4-3-11-6-18-8-20-11/h6,8-10H,1-5,7H2,(H,18,20)(H,19,26)(H,21,22,23,24)/t10-/m0/s1. The van der Waals surface area contributed by atoms with Crippen molar-refractivity contribution in [3.05, 3.63) is 29.8 Å². The van der Waals surface area contributed by atoms with Crippen molar-refractivity contribution in [2.45, 2.75) is 19.3 Å². The largest absolute Gasteiger partial charge is 0.355 e. The minimum absolute atomic E-state index is 0.0650. The Bertz CT molecular complexity index is 893. The number of halogens is 1. The van der Waals surface area contributed by atoms with Crippen LogP contribution in [0, 0.1) is 5.92 Å². The van der Waals surface area contributed by atoms with Crippen molar-refractivity contribution in [1.29, 1.82) is 0 Å². The number of hydrogen-bond donors (Lipinski definition) is 3. The summed E-state index contributed by atoms with van der Waals surface area (Å²) in [6.07, 6.45) is 7.48. The van der Waals surface area contributed by atoms with Crippen LogP contribution in [0.3, 0.4) is 0 Å². The molecule has 0 spiro atoms. The van der Waals surface area contributed by atoms with Gasteiger partial charge in [0.2, 0.25) is 11.2 Å². The lowest BCUT2D eigenvalue weighted by molar-refractivity contribution is -0.125. The summed E-state index contributed by atoms with van der Waals surface area (Å²) in [4.78, 5) is 37.3. The topological polar surface area (TPSA) is 115 Å². The van der Waals surface area contributed by atoms with Gasteiger partial charge in [0.1, 0.15) is 5.52 Å². The fraction of sp³-hybridized carbons (Fsp3) is 0.438. The number of hydrogen-bond acceptors (Lipinski definition) is 6. The van der Waals surface area contributed by atoms with E-state index in [0.29, 0.717) is 24.6 Å². The van der Waals surface area contributed by atoms with Gasteiger partial charge in [-0.3, -0.25) is 4.79 Å². The molecule has 9 nitrogen and oxygen atoms in total. The number of rotatable bonds is 5. The average molecular weight is 375 g/mol. The molecule has 1 atom stereocenters. The molecule has 0 bridgehead atoms. The molecule has 1 aliphatic heterocycles. The summed E-state index contributed by atoms with van der Waals surface area (Å²) in [7, 11) is 0. The summed E-state index contributed by atoms with van der Waals surface area (Å²) in [6, 6.07) is 0. The van der Waals surface area contributed by atoms with Crippen LogP contribution in [-0.2, 0) is 11.2 Å². The van der Waals surface area contributed by atoms with E-state index in [1.54, 1.807) is 18.9 Å². The van der Waals surface area contributed by atoms with E-state index >= 15 is 0 Å². The fourth-order valence-corrected chi connectivity index (χ4v) is 3.45. The number of imidazole rings is 2. The maximum absolute atomic E-state index is 12.5. The van der Waals surface area contributed by atoms with Crippen molar-refractivity contribution in [1.82, 2.24) is 35.2 Å². The van der Waals surface area contributed by atoms with Gasteiger partial charge in [0.15, 0.2) is 11.5 Å². The molecule has 0 radical (unpaired) electrons. The molecule has 1 amide bonds. The van der Waals surface area contributed by atoms with Crippen LogP contribution >= 0.6 is 11.6 Å². The Morgan fingerprint density at radius 1 is 1.35 bits per heavy atom. The van der Waals surface area contributed by atoms with Gasteiger partial charge in [-0.1, -0.05) is 0 Å². The second kappa shape index (κ2) is 7.28. The summed E-state index contributed by atoms with van der Waals surface area (Å²) >= 11 is 6.03. The quantitative estimate of drug-likeness (QED) is 0.580. The van der Waals surface area contributed by atoms with Gasteiger partial charge >= 0.3 is 0 Å². The normalized spacial score (nSPS) is 17.6. The van der Waals surface area contributed by atoms with Gasteiger partial charge in [-0.2, -0.15) is 9.97 Å². The first kappa shape index (κ1) is 16.8. The van der Waals surface area contributed by atoms with Gasteiger partial charge < -0.3 is 20.2 Å². The van der Waals surface area contributed by atoms with E-state index in [9.17, 15) is 4.79 Å². The molecule has 3 aromatic rings. The predicted molar refractivity (Wildman–Crippen MR) is 96.9 cm³/mol. The molecule has 10 heteroatoms. The monoisotopic (exact) mass is 374 g/mol. The second-order valence-corrected chi connectivity index (χ2v) is 6.66. The van der Waals surface area contributed by atoms with Crippen LogP contribution in [0.15, 0.2) is 18.9 Å². The number of nitrogens with zero attached hydrogens (tertiary/aromatic N) is 5. The third-order valence-electron chi connectivity index (χ3n) is 4.58. The molecule has 3 N–H and O–H groups in total. The zero-order chi connectivity index (χ0) is 17.9. The Labute approximate surface area is 154 Å². The van der Waals surface area contributed by atoms with E-state index in [1.807, 2.05) is 0 Å². The highest BCUT2D eigenvalue weighted by Gasteiger charge is 2.28. The molecule has 4 rings (SSSR count). The molecule has 1 saturated heterocycles. The minimum atomic E-state index is -0.0859. The minimum Gasteiger partial charge on any atom is -0.355 e. The van der Waals surface area contributed by atoms with Gasteiger partial charge in [0.05, 0.1) is 18.6 Å². The lowest BCUT2D eigenvalue weighted by Crippen LogP contribution is -2.44. The first-order valence-corrected chi connectivity index (χ1v) is 8.95. The van der Waals surface area contributed by atoms with Crippen molar-refractivity contribution < 1.29 is 4.79 Å². The Morgan fingerprint density at radius 2 is 2.27 bits per heavy atom. The molecule has 26 heavy (non-hydrogen) atoms. The molecule has 1 aliphatic rings. The van der Waals surface area contributed by atoms with Crippen LogP contribution in [-0.4, -0.2) is 55.4 Å². The molecule has 3 aromatic heterocycles. The van der Waals surface area contributed by atoms with Gasteiger partial charge in [0.25, 0.3) is 0 Å². The molecular weight excluding hydrogens is 356 g/mol. The molecule has 4 heterocycles. The summed E-state index contributed by atoms with van der Waals surface area (Å²) in [5, 5.41) is 3.17. The number of nitrogens with one attached hydrogen (secondary N) is 3. The Hall–Kier alpha value is -2.68. The van der Waals surface area contributed by atoms with E-state index < -0.39 is 0 Å². The van der Waals surface area contributed by atoms with Crippen LogP contribution in [0.5, 0.6) is 0 Å². The Kier molecular flexibility index (Phi) is 4.70. The highest BCUT2D eigenvalue weighted by Crippen LogP contribution is 2.27. The van der Waals surface area contributed by atoms with Crippen LogP contribution in [0.25, 0.3) is 11.2 Å². The van der Waals surface area contributed by atoms with Crippen molar-refractivity contribution in [3.8, 4) is 0 Å². The van der Waals surface area contributed by atoms with Gasteiger partial charge in [-0.25, -0.2) is 9.97 Å². The maximum atomic E-state index is 12.5. The second-order valence-electron chi connectivity index (χ2n) is 6.32. The number of amides is 1. The summed E-state index contributed by atoms with van der Waals surface area (Å²) in [6.45, 7) is 2.00. The van der Waals surface area contributed by atoms with Crippen molar-refractivity contribution in [3.63, 3.8) is 0 Å². The summed E-state index contributed by atoms with van der Waals surface area (Å²) in [5.74, 6) is 0.680. The van der Waals surface area contributed by atoms with Crippen LogP contribution in [0.1, 0.15) is 18.5 Å². The van der Waals surface area contributed by atoms with Crippen molar-refractivity contribution in [2.75, 3.05) is 24.5 Å². The first-order valence-electron chi connectivity index (χ1n) is 8.57. The number of fused-ring (bicyclic) bond motifs is 1. The molecule has 0 saturated carbocycles. The zero-order valence-electron chi connectivity index (χ0n) is 14.1. The Morgan fingerprint density at radius 3 is 3.12 bits per heavy atom. The van der Waals surface area contributed by atoms with E-state index in [0.717, 1.165) is 37.0 Å². The average Bonchev–Trinajstić information content (AvgIpc) is 3.32. The van der Waals surface area contributed by atoms with Crippen LogP contribution in [0.2, 0.25) is 5.28 Å².